The van der Waals surface area contributed by atoms with Gasteiger partial charge in [0, 0.05) is 26.1 Å². The molecule has 0 radical (unpaired) electrons. The molecule has 1 fully saturated rings. The van der Waals surface area contributed by atoms with E-state index in [0.29, 0.717) is 6.54 Å². The monoisotopic (exact) mass is 408 g/mol. The van der Waals surface area contributed by atoms with Crippen molar-refractivity contribution in [2.75, 3.05) is 25.4 Å². The van der Waals surface area contributed by atoms with Crippen LogP contribution < -0.4 is 5.32 Å². The molecule has 0 spiro atoms. The van der Waals surface area contributed by atoms with E-state index in [1.54, 1.807) is 0 Å². The van der Waals surface area contributed by atoms with Gasteiger partial charge in [0.2, 0.25) is 0 Å². The fraction of sp³-hybridized carbons (Fsp3) is 0.474. The van der Waals surface area contributed by atoms with Crippen LogP contribution in [-0.4, -0.2) is 66.4 Å². The van der Waals surface area contributed by atoms with E-state index in [1.165, 1.54) is 0 Å². The highest BCUT2D eigenvalue weighted by atomic mass is 32.2. The third-order valence-electron chi connectivity index (χ3n) is 5.60. The molecule has 3 rings (SSSR count). The lowest BCUT2D eigenvalue weighted by molar-refractivity contribution is -0.150. The van der Waals surface area contributed by atoms with E-state index < -0.39 is 38.4 Å². The number of carboxylic acids is 1. The minimum absolute atomic E-state index is 0.0119. The van der Waals surface area contributed by atoms with Crippen LogP contribution in [0.5, 0.6) is 0 Å². The minimum atomic E-state index is -3.76. The van der Waals surface area contributed by atoms with Crippen molar-refractivity contribution in [3.63, 3.8) is 0 Å². The van der Waals surface area contributed by atoms with Gasteiger partial charge < -0.3 is 15.1 Å². The highest BCUT2D eigenvalue weighted by Gasteiger charge is 2.47. The van der Waals surface area contributed by atoms with Gasteiger partial charge in [-0.25, -0.2) is 13.2 Å². The van der Waals surface area contributed by atoms with Crippen molar-refractivity contribution in [2.24, 2.45) is 5.41 Å². The number of carbonyl (C=O) groups is 2. The third-order valence-corrected chi connectivity index (χ3v) is 7.75. The second-order valence-corrected chi connectivity index (χ2v) is 9.54. The van der Waals surface area contributed by atoms with Gasteiger partial charge in [-0.1, -0.05) is 36.4 Å². The third kappa shape index (κ3) is 4.20. The number of carboxylic acid groups (broad SMARTS) is 2. The highest BCUT2D eigenvalue weighted by Crippen LogP contribution is 2.36. The van der Waals surface area contributed by atoms with Crippen LogP contribution in [0.1, 0.15) is 24.8 Å². The smallest absolute Gasteiger partial charge is 0.407 e. The van der Waals surface area contributed by atoms with Crippen LogP contribution >= 0.6 is 0 Å². The van der Waals surface area contributed by atoms with Crippen LogP contribution in [0.4, 0.5) is 4.79 Å². The number of sulfone groups is 1. The van der Waals surface area contributed by atoms with Gasteiger partial charge >= 0.3 is 12.1 Å². The molecule has 1 aromatic rings. The minimum Gasteiger partial charge on any atom is -0.481 e. The lowest BCUT2D eigenvalue weighted by Gasteiger charge is -2.38. The summed E-state index contributed by atoms with van der Waals surface area (Å²) in [4.78, 5) is 24.1. The zero-order valence-electron chi connectivity index (χ0n) is 15.4. The zero-order valence-corrected chi connectivity index (χ0v) is 16.2. The van der Waals surface area contributed by atoms with Crippen LogP contribution in [0.2, 0.25) is 0 Å². The summed E-state index contributed by atoms with van der Waals surface area (Å²) in [6, 6.07) is 9.50. The first-order valence-electron chi connectivity index (χ1n) is 9.14. The van der Waals surface area contributed by atoms with Crippen molar-refractivity contribution in [1.82, 2.24) is 10.2 Å². The number of nitrogens with one attached hydrogen (secondary N) is 1. The van der Waals surface area contributed by atoms with Crippen molar-refractivity contribution in [3.05, 3.63) is 42.0 Å². The lowest BCUT2D eigenvalue weighted by atomic mass is 9.80. The van der Waals surface area contributed by atoms with Gasteiger partial charge in [0.1, 0.15) is 5.37 Å². The predicted molar refractivity (Wildman–Crippen MR) is 104 cm³/mol. The van der Waals surface area contributed by atoms with Crippen LogP contribution in [0.15, 0.2) is 36.4 Å². The molecule has 1 saturated heterocycles. The first-order valence-corrected chi connectivity index (χ1v) is 10.9. The molecule has 152 valence electrons. The number of piperidine rings is 1. The van der Waals surface area contributed by atoms with Crippen LogP contribution in [0.25, 0.3) is 5.57 Å². The van der Waals surface area contributed by atoms with Crippen LogP contribution in [0, 0.1) is 5.41 Å². The molecule has 0 saturated carbocycles. The van der Waals surface area contributed by atoms with E-state index in [2.05, 4.69) is 5.32 Å². The summed E-state index contributed by atoms with van der Waals surface area (Å²) in [5, 5.41) is 20.9. The van der Waals surface area contributed by atoms with Crippen molar-refractivity contribution in [1.29, 1.82) is 0 Å². The molecule has 0 aliphatic carbocycles. The Kier molecular flexibility index (Phi) is 5.76. The standard InChI is InChI=1S/C19H24N2O6S/c22-17(23)19(7-10-21(11-8-19)18(24)25)13-28(26,27)16-12-15(6-9-20-16)14-4-2-1-3-5-14/h1-6,16,20H,7-13H2,(H,22,23)(H,24,25). The first kappa shape index (κ1) is 20.3. The maximum atomic E-state index is 13.1. The molecule has 9 heteroatoms. The fourth-order valence-electron chi connectivity index (χ4n) is 3.84. The van der Waals surface area contributed by atoms with Gasteiger partial charge in [-0.05, 0) is 24.0 Å². The molecule has 8 nitrogen and oxygen atoms in total. The maximum Gasteiger partial charge on any atom is 0.407 e. The van der Waals surface area contributed by atoms with Crippen LogP contribution in [-0.2, 0) is 14.6 Å². The summed E-state index contributed by atoms with van der Waals surface area (Å²) in [5.74, 6) is -1.68. The molecular weight excluding hydrogens is 384 g/mol. The van der Waals surface area contributed by atoms with Gasteiger partial charge in [-0.2, -0.15) is 0 Å². The van der Waals surface area contributed by atoms with Crippen molar-refractivity contribution in [3.8, 4) is 0 Å². The Hall–Kier alpha value is -2.39. The Labute approximate surface area is 163 Å². The Morgan fingerprint density at radius 2 is 1.79 bits per heavy atom. The summed E-state index contributed by atoms with van der Waals surface area (Å²) < 4.78 is 26.1. The Morgan fingerprint density at radius 3 is 2.36 bits per heavy atom. The summed E-state index contributed by atoms with van der Waals surface area (Å²) in [5.41, 5.74) is 0.408. The topological polar surface area (TPSA) is 124 Å². The molecule has 0 aromatic heterocycles. The average Bonchev–Trinajstić information content (AvgIpc) is 2.69. The van der Waals surface area contributed by atoms with Crippen molar-refractivity contribution < 1.29 is 28.2 Å². The quantitative estimate of drug-likeness (QED) is 0.677. The van der Waals surface area contributed by atoms with Crippen LogP contribution in [0.3, 0.4) is 0 Å². The SMILES string of the molecule is O=C(O)N1CCC(CS(=O)(=O)C2CC(c3ccccc3)=CCN2)(C(=O)O)CC1. The molecule has 1 amide bonds. The number of hydrogen-bond donors (Lipinski definition) is 3. The zero-order chi connectivity index (χ0) is 20.4. The molecule has 2 aliphatic heterocycles. The number of likely N-dealkylation sites (tertiary alicyclic amines) is 1. The normalized spacial score (nSPS) is 22.4. The van der Waals surface area contributed by atoms with Crippen molar-refractivity contribution in [2.45, 2.75) is 24.6 Å². The molecule has 1 unspecified atom stereocenters. The summed E-state index contributed by atoms with van der Waals surface area (Å²) in [7, 11) is -3.76. The summed E-state index contributed by atoms with van der Waals surface area (Å²) in [6.45, 7) is 0.426. The van der Waals surface area contributed by atoms with Gasteiger partial charge in [-0.15, -0.1) is 0 Å². The van der Waals surface area contributed by atoms with Gasteiger partial charge in [0.25, 0.3) is 0 Å². The number of hydrogen-bond acceptors (Lipinski definition) is 5. The van der Waals surface area contributed by atoms with E-state index in [-0.39, 0.29) is 32.4 Å². The van der Waals surface area contributed by atoms with Gasteiger partial charge in [0.15, 0.2) is 9.84 Å². The first-order chi connectivity index (χ1) is 13.2. The van der Waals surface area contributed by atoms with Gasteiger partial charge in [0.05, 0.1) is 11.2 Å². The molecule has 3 N–H and O–H groups in total. The average molecular weight is 408 g/mol. The molecule has 28 heavy (non-hydrogen) atoms. The number of benzene rings is 1. The Balaban J connectivity index is 1.76. The van der Waals surface area contributed by atoms with Gasteiger partial charge in [-0.3, -0.25) is 10.1 Å². The summed E-state index contributed by atoms with van der Waals surface area (Å²) >= 11 is 0. The molecule has 1 aromatic carbocycles. The number of nitrogens with zero attached hydrogens (tertiary/aromatic N) is 1. The number of amides is 1. The van der Waals surface area contributed by atoms with E-state index in [1.807, 2.05) is 36.4 Å². The molecular formula is C19H24N2O6S. The lowest BCUT2D eigenvalue weighted by Crippen LogP contribution is -2.52. The molecule has 2 heterocycles. The fourth-order valence-corrected chi connectivity index (χ4v) is 6.01. The van der Waals surface area contributed by atoms with E-state index in [9.17, 15) is 23.1 Å². The Bertz CT molecular complexity index is 873. The molecule has 0 bridgehead atoms. The number of aliphatic carboxylic acids is 1. The highest BCUT2D eigenvalue weighted by molar-refractivity contribution is 7.92. The second kappa shape index (κ2) is 7.92. The van der Waals surface area contributed by atoms with Crippen molar-refractivity contribution >= 4 is 27.5 Å². The number of rotatable bonds is 5. The predicted octanol–water partition coefficient (Wildman–Crippen LogP) is 1.65. The molecule has 1 atom stereocenters. The van der Waals surface area contributed by atoms with E-state index in [4.69, 9.17) is 5.11 Å². The van der Waals surface area contributed by atoms with E-state index >= 15 is 0 Å². The Morgan fingerprint density at radius 1 is 1.14 bits per heavy atom. The largest absolute Gasteiger partial charge is 0.481 e. The maximum absolute atomic E-state index is 13.1. The summed E-state index contributed by atoms with van der Waals surface area (Å²) in [6.07, 6.45) is 1.07. The van der Waals surface area contributed by atoms with E-state index in [0.717, 1.165) is 16.0 Å². The second-order valence-electron chi connectivity index (χ2n) is 7.36. The molecule has 2 aliphatic rings.